The van der Waals surface area contributed by atoms with Crippen LogP contribution in [0.2, 0.25) is 0 Å². The van der Waals surface area contributed by atoms with Gasteiger partial charge in [0.05, 0.1) is 0 Å². The zero-order valence-electron chi connectivity index (χ0n) is 9.32. The van der Waals surface area contributed by atoms with Gasteiger partial charge in [0, 0.05) is 0 Å². The molecule has 0 aromatic carbocycles. The SMILES string of the molecule is CCC1=[C]([Ti])C(CC)C2=C1CCCC2. The zero-order valence-corrected chi connectivity index (χ0v) is 10.9. The number of rotatable bonds is 2. The molecule has 2 aliphatic carbocycles. The molecule has 1 unspecified atom stereocenters. The van der Waals surface area contributed by atoms with Crippen LogP contribution < -0.4 is 0 Å². The molecule has 0 nitrogen and oxygen atoms in total. The third kappa shape index (κ3) is 1.57. The summed E-state index contributed by atoms with van der Waals surface area (Å²) in [7, 11) is 0. The molecule has 2 aliphatic rings. The topological polar surface area (TPSA) is 0 Å². The molecule has 0 fully saturated rings. The Balaban J connectivity index is 2.38. The standard InChI is InChI=1S/C13H19.Ti/c1-3-10-9-11(4-2)13-8-6-5-7-12(10)13;/h10H,3-8H2,1-2H3;. The van der Waals surface area contributed by atoms with Gasteiger partial charge in [-0.1, -0.05) is 0 Å². The fraction of sp³-hybridized carbons (Fsp3) is 0.692. The van der Waals surface area contributed by atoms with Gasteiger partial charge in [-0.25, -0.2) is 0 Å². The van der Waals surface area contributed by atoms with E-state index in [1.807, 2.05) is 5.57 Å². The Kier molecular flexibility index (Phi) is 3.34. The van der Waals surface area contributed by atoms with E-state index in [-0.39, 0.29) is 0 Å². The van der Waals surface area contributed by atoms with Crippen LogP contribution in [0.25, 0.3) is 0 Å². The predicted octanol–water partition coefficient (Wildman–Crippen LogP) is 4.11. The number of hydrogen-bond donors (Lipinski definition) is 0. The molecule has 2 rings (SSSR count). The van der Waals surface area contributed by atoms with Crippen molar-refractivity contribution in [3.05, 3.63) is 20.6 Å². The van der Waals surface area contributed by atoms with Gasteiger partial charge in [0.2, 0.25) is 0 Å². The third-order valence-corrected chi connectivity index (χ3v) is 4.75. The summed E-state index contributed by atoms with van der Waals surface area (Å²) in [6.45, 7) is 4.65. The summed E-state index contributed by atoms with van der Waals surface area (Å²) in [5.41, 5.74) is 5.29. The minimum atomic E-state index is 0.820. The second-order valence-corrected chi connectivity index (χ2v) is 5.26. The molecule has 1 heteroatoms. The first-order valence-electron chi connectivity index (χ1n) is 5.96. The van der Waals surface area contributed by atoms with Gasteiger partial charge in [-0.05, 0) is 0 Å². The molecule has 1 atom stereocenters. The molecule has 0 aromatic rings. The van der Waals surface area contributed by atoms with Gasteiger partial charge in [0.25, 0.3) is 0 Å². The second-order valence-electron chi connectivity index (χ2n) is 4.42. The van der Waals surface area contributed by atoms with Crippen LogP contribution in [0.4, 0.5) is 0 Å². The van der Waals surface area contributed by atoms with E-state index in [0.29, 0.717) is 0 Å². The normalized spacial score (nSPS) is 27.1. The average Bonchev–Trinajstić information content (AvgIpc) is 2.49. The van der Waals surface area contributed by atoms with Gasteiger partial charge in [0.1, 0.15) is 0 Å². The van der Waals surface area contributed by atoms with E-state index in [2.05, 4.69) is 34.3 Å². The monoisotopic (exact) mass is 223 g/mol. The van der Waals surface area contributed by atoms with Crippen molar-refractivity contribution in [2.24, 2.45) is 5.92 Å². The van der Waals surface area contributed by atoms with E-state index in [1.165, 1.54) is 38.5 Å². The fourth-order valence-corrected chi connectivity index (χ4v) is 4.16. The molecule has 0 aromatic heterocycles. The molecule has 0 aliphatic heterocycles. The summed E-state index contributed by atoms with van der Waals surface area (Å²) in [4.78, 5) is 0. The Bertz CT molecular complexity index is 296. The Morgan fingerprint density at radius 3 is 2.57 bits per heavy atom. The molecule has 0 amide bonds. The Labute approximate surface area is 99.3 Å². The maximum atomic E-state index is 2.37. The first kappa shape index (κ1) is 10.7. The quantitative estimate of drug-likeness (QED) is 0.618. The van der Waals surface area contributed by atoms with Crippen molar-refractivity contribution in [3.8, 4) is 0 Å². The summed E-state index contributed by atoms with van der Waals surface area (Å²) in [6, 6.07) is 0. The van der Waals surface area contributed by atoms with Crippen molar-refractivity contribution in [2.45, 2.75) is 52.4 Å². The van der Waals surface area contributed by atoms with Crippen molar-refractivity contribution < 1.29 is 20.4 Å². The Hall–Kier alpha value is 0.194. The molecule has 0 radical (unpaired) electrons. The summed E-state index contributed by atoms with van der Waals surface area (Å²) >= 11 is 2.37. The molecule has 75 valence electrons. The molecule has 0 N–H and O–H groups in total. The van der Waals surface area contributed by atoms with Crippen molar-refractivity contribution in [1.82, 2.24) is 0 Å². The van der Waals surface area contributed by atoms with Gasteiger partial charge in [-0.2, -0.15) is 0 Å². The van der Waals surface area contributed by atoms with Crippen LogP contribution in [0.1, 0.15) is 52.4 Å². The Morgan fingerprint density at radius 2 is 1.93 bits per heavy atom. The van der Waals surface area contributed by atoms with E-state index in [9.17, 15) is 0 Å². The van der Waals surface area contributed by atoms with Crippen LogP contribution in [-0.2, 0) is 20.4 Å². The molecule has 14 heavy (non-hydrogen) atoms. The van der Waals surface area contributed by atoms with Crippen molar-refractivity contribution >= 4 is 0 Å². The van der Waals surface area contributed by atoms with E-state index in [4.69, 9.17) is 0 Å². The molecule has 0 bridgehead atoms. The summed E-state index contributed by atoms with van der Waals surface area (Å²) in [6.07, 6.45) is 8.17. The molecular formula is C13H19Ti. The average molecular weight is 223 g/mol. The van der Waals surface area contributed by atoms with Gasteiger partial charge >= 0.3 is 99.3 Å². The first-order chi connectivity index (χ1) is 6.79. The van der Waals surface area contributed by atoms with Crippen LogP contribution in [0, 0.1) is 5.92 Å². The maximum absolute atomic E-state index is 2.37. The summed E-state index contributed by atoms with van der Waals surface area (Å²) < 4.78 is 1.70. The van der Waals surface area contributed by atoms with Crippen LogP contribution in [0.5, 0.6) is 0 Å². The van der Waals surface area contributed by atoms with Crippen LogP contribution >= 0.6 is 0 Å². The van der Waals surface area contributed by atoms with Crippen molar-refractivity contribution in [3.63, 3.8) is 0 Å². The van der Waals surface area contributed by atoms with E-state index in [0.717, 1.165) is 5.92 Å². The fourth-order valence-electron chi connectivity index (χ4n) is 3.06. The van der Waals surface area contributed by atoms with Gasteiger partial charge < -0.3 is 0 Å². The van der Waals surface area contributed by atoms with Crippen LogP contribution in [0.15, 0.2) is 20.6 Å². The summed E-state index contributed by atoms with van der Waals surface area (Å²) in [5.74, 6) is 0.820. The van der Waals surface area contributed by atoms with Crippen molar-refractivity contribution in [2.75, 3.05) is 0 Å². The van der Waals surface area contributed by atoms with Crippen LogP contribution in [-0.4, -0.2) is 0 Å². The molecule has 0 heterocycles. The predicted molar refractivity (Wildman–Crippen MR) is 56.6 cm³/mol. The zero-order chi connectivity index (χ0) is 10.1. The molecular weight excluding hydrogens is 204 g/mol. The number of hydrogen-bond acceptors (Lipinski definition) is 0. The molecule has 0 spiro atoms. The second kappa shape index (κ2) is 4.37. The summed E-state index contributed by atoms with van der Waals surface area (Å²) in [5, 5.41) is 0. The van der Waals surface area contributed by atoms with Crippen LogP contribution in [0.3, 0.4) is 0 Å². The molecule has 0 saturated carbocycles. The van der Waals surface area contributed by atoms with E-state index < -0.39 is 0 Å². The van der Waals surface area contributed by atoms with E-state index >= 15 is 0 Å². The van der Waals surface area contributed by atoms with Gasteiger partial charge in [-0.3, -0.25) is 0 Å². The van der Waals surface area contributed by atoms with Crippen molar-refractivity contribution in [1.29, 1.82) is 0 Å². The number of allylic oxidation sites excluding steroid dienone is 4. The van der Waals surface area contributed by atoms with E-state index in [1.54, 1.807) is 15.0 Å². The third-order valence-electron chi connectivity index (χ3n) is 3.73. The first-order valence-corrected chi connectivity index (χ1v) is 6.74. The molecule has 0 saturated heterocycles. The van der Waals surface area contributed by atoms with Gasteiger partial charge in [-0.15, -0.1) is 0 Å². The Morgan fingerprint density at radius 1 is 1.21 bits per heavy atom. The minimum absolute atomic E-state index is 0.820. The van der Waals surface area contributed by atoms with Gasteiger partial charge in [0.15, 0.2) is 0 Å².